The Morgan fingerprint density at radius 1 is 0.742 bits per heavy atom. The minimum absolute atomic E-state index is 0.0199. The van der Waals surface area contributed by atoms with Gasteiger partial charge in [-0.2, -0.15) is 0 Å². The number of carboxylic acid groups (broad SMARTS) is 1. The Hall–Kier alpha value is -2.49. The van der Waals surface area contributed by atoms with Crippen molar-refractivity contribution in [2.75, 3.05) is 0 Å². The van der Waals surface area contributed by atoms with Gasteiger partial charge in [-0.05, 0) is 64.5 Å². The fraction of sp³-hybridized carbons (Fsp3) is 0.519. The van der Waals surface area contributed by atoms with Crippen LogP contribution in [0, 0.1) is 13.8 Å². The van der Waals surface area contributed by atoms with Gasteiger partial charge in [0.1, 0.15) is 11.5 Å². The number of hydrogen-bond donors (Lipinski definition) is 3. The van der Waals surface area contributed by atoms with Gasteiger partial charge in [0.15, 0.2) is 0 Å². The van der Waals surface area contributed by atoms with Gasteiger partial charge in [-0.15, -0.1) is 0 Å². The molecule has 4 nitrogen and oxygen atoms in total. The maximum absolute atomic E-state index is 11.5. The maximum Gasteiger partial charge on any atom is 0.303 e. The van der Waals surface area contributed by atoms with Crippen molar-refractivity contribution < 1.29 is 20.1 Å². The van der Waals surface area contributed by atoms with E-state index in [-0.39, 0.29) is 28.7 Å². The number of aliphatic carboxylic acids is 1. The Morgan fingerprint density at radius 2 is 1.10 bits per heavy atom. The number of aryl methyl sites for hydroxylation is 2. The van der Waals surface area contributed by atoms with Crippen molar-refractivity contribution >= 4 is 5.97 Å². The summed E-state index contributed by atoms with van der Waals surface area (Å²) in [6.07, 6.45) is 0.427. The Bertz CT molecular complexity index is 918. The zero-order chi connectivity index (χ0) is 23.9. The van der Waals surface area contributed by atoms with Crippen molar-refractivity contribution in [3.05, 3.63) is 57.6 Å². The van der Waals surface area contributed by atoms with E-state index in [4.69, 9.17) is 0 Å². The van der Waals surface area contributed by atoms with E-state index in [2.05, 4.69) is 48.5 Å². The average molecular weight is 427 g/mol. The van der Waals surface area contributed by atoms with Gasteiger partial charge in [-0.25, -0.2) is 0 Å². The smallest absolute Gasteiger partial charge is 0.303 e. The summed E-state index contributed by atoms with van der Waals surface area (Å²) in [4.78, 5) is 11.5. The van der Waals surface area contributed by atoms with Gasteiger partial charge >= 0.3 is 5.97 Å². The highest BCUT2D eigenvalue weighted by Gasteiger charge is 2.34. The fourth-order valence-corrected chi connectivity index (χ4v) is 4.15. The largest absolute Gasteiger partial charge is 0.507 e. The maximum atomic E-state index is 11.5. The first-order chi connectivity index (χ1) is 14.0. The molecule has 0 aliphatic carbocycles. The summed E-state index contributed by atoms with van der Waals surface area (Å²) in [6.45, 7) is 18.2. The molecule has 0 heterocycles. The summed E-state index contributed by atoms with van der Waals surface area (Å²) in [6, 6.07) is 7.96. The molecule has 0 aliphatic heterocycles. The molecule has 0 amide bonds. The third-order valence-electron chi connectivity index (χ3n) is 6.33. The lowest BCUT2D eigenvalue weighted by molar-refractivity contribution is -0.137. The third kappa shape index (κ3) is 5.06. The predicted octanol–water partition coefficient (Wildman–Crippen LogP) is 6.48. The minimum atomic E-state index is -0.843. The standard InChI is InChI=1S/C27H38O4/c1-16-12-18(14-20(23(16)30)25(3,4)5)27(9,11-10-22(28)29)19-13-17(2)24(31)21(15-19)26(6,7)8/h12-15,30-31H,10-11H2,1-9H3,(H,28,29). The highest BCUT2D eigenvalue weighted by atomic mass is 16.4. The van der Waals surface area contributed by atoms with Crippen LogP contribution in [0.4, 0.5) is 0 Å². The van der Waals surface area contributed by atoms with E-state index in [1.165, 1.54) is 0 Å². The second-order valence-electron chi connectivity index (χ2n) is 11.1. The quantitative estimate of drug-likeness (QED) is 0.511. The molecule has 0 aliphatic rings. The molecule has 0 radical (unpaired) electrons. The second-order valence-corrected chi connectivity index (χ2v) is 11.1. The zero-order valence-electron chi connectivity index (χ0n) is 20.5. The van der Waals surface area contributed by atoms with E-state index in [0.717, 1.165) is 33.4 Å². The fourth-order valence-electron chi connectivity index (χ4n) is 4.15. The van der Waals surface area contributed by atoms with Crippen LogP contribution in [0.15, 0.2) is 24.3 Å². The first kappa shape index (κ1) is 24.8. The monoisotopic (exact) mass is 426 g/mol. The molecule has 3 N–H and O–H groups in total. The molecule has 170 valence electrons. The molecule has 31 heavy (non-hydrogen) atoms. The zero-order valence-corrected chi connectivity index (χ0v) is 20.5. The van der Waals surface area contributed by atoms with Gasteiger partial charge in [-0.1, -0.05) is 72.7 Å². The Kier molecular flexibility index (Phi) is 6.57. The third-order valence-corrected chi connectivity index (χ3v) is 6.33. The van der Waals surface area contributed by atoms with E-state index < -0.39 is 11.4 Å². The highest BCUT2D eigenvalue weighted by Crippen LogP contribution is 2.45. The lowest BCUT2D eigenvalue weighted by atomic mass is 9.69. The van der Waals surface area contributed by atoms with Gasteiger partial charge in [0.05, 0.1) is 0 Å². The summed E-state index contributed by atoms with van der Waals surface area (Å²) in [5, 5.41) is 30.9. The first-order valence-corrected chi connectivity index (χ1v) is 10.9. The average Bonchev–Trinajstić information content (AvgIpc) is 2.61. The molecule has 0 bridgehead atoms. The van der Waals surface area contributed by atoms with E-state index in [9.17, 15) is 20.1 Å². The van der Waals surface area contributed by atoms with Crippen molar-refractivity contribution in [2.24, 2.45) is 0 Å². The predicted molar refractivity (Wildman–Crippen MR) is 126 cm³/mol. The highest BCUT2D eigenvalue weighted by molar-refractivity contribution is 5.67. The molecule has 0 saturated carbocycles. The van der Waals surface area contributed by atoms with Crippen LogP contribution in [-0.2, 0) is 21.0 Å². The normalized spacial score (nSPS) is 12.8. The van der Waals surface area contributed by atoms with Crippen LogP contribution in [0.5, 0.6) is 11.5 Å². The number of phenols is 2. The van der Waals surface area contributed by atoms with E-state index >= 15 is 0 Å². The Labute approximate surface area is 187 Å². The molecule has 0 fully saturated rings. The minimum Gasteiger partial charge on any atom is -0.507 e. The summed E-state index contributed by atoms with van der Waals surface area (Å²) in [5.41, 5.74) is 4.05. The lowest BCUT2D eigenvalue weighted by Gasteiger charge is -2.35. The van der Waals surface area contributed by atoms with Gasteiger partial charge in [-0.3, -0.25) is 4.79 Å². The molecule has 0 spiro atoms. The van der Waals surface area contributed by atoms with Crippen LogP contribution in [-0.4, -0.2) is 21.3 Å². The number of carboxylic acids is 1. The molecule has 2 rings (SSSR count). The van der Waals surface area contributed by atoms with E-state index in [1.807, 2.05) is 38.1 Å². The Balaban J connectivity index is 2.86. The van der Waals surface area contributed by atoms with Crippen LogP contribution in [0.25, 0.3) is 0 Å². The molecule has 2 aromatic rings. The number of carbonyl (C=O) groups is 1. The van der Waals surface area contributed by atoms with Crippen LogP contribution < -0.4 is 0 Å². The van der Waals surface area contributed by atoms with Crippen LogP contribution >= 0.6 is 0 Å². The Morgan fingerprint density at radius 3 is 1.39 bits per heavy atom. The number of rotatable bonds is 5. The lowest BCUT2D eigenvalue weighted by Crippen LogP contribution is -2.27. The number of phenolic OH excluding ortho intramolecular Hbond substituents is 2. The van der Waals surface area contributed by atoms with Crippen molar-refractivity contribution in [2.45, 2.75) is 91.4 Å². The van der Waals surface area contributed by atoms with Crippen LogP contribution in [0.1, 0.15) is 94.7 Å². The summed E-state index contributed by atoms with van der Waals surface area (Å²) >= 11 is 0. The topological polar surface area (TPSA) is 77.8 Å². The molecule has 0 unspecified atom stereocenters. The van der Waals surface area contributed by atoms with Gasteiger partial charge in [0.25, 0.3) is 0 Å². The molecule has 4 heteroatoms. The summed E-state index contributed by atoms with van der Waals surface area (Å²) in [5.74, 6) is -0.271. The van der Waals surface area contributed by atoms with E-state index in [0.29, 0.717) is 6.42 Å². The molecule has 0 atom stereocenters. The molecule has 0 aromatic heterocycles. The number of benzene rings is 2. The number of aromatic hydroxyl groups is 2. The second kappa shape index (κ2) is 8.22. The van der Waals surface area contributed by atoms with E-state index in [1.54, 1.807) is 0 Å². The molecule has 2 aromatic carbocycles. The molecular formula is C27H38O4. The summed E-state index contributed by atoms with van der Waals surface area (Å²) < 4.78 is 0. The van der Waals surface area contributed by atoms with Crippen LogP contribution in [0.2, 0.25) is 0 Å². The molecule has 0 saturated heterocycles. The first-order valence-electron chi connectivity index (χ1n) is 10.9. The van der Waals surface area contributed by atoms with Crippen molar-refractivity contribution in [3.63, 3.8) is 0 Å². The van der Waals surface area contributed by atoms with Gasteiger partial charge in [0, 0.05) is 11.8 Å². The van der Waals surface area contributed by atoms with Crippen molar-refractivity contribution in [1.29, 1.82) is 0 Å². The molecular weight excluding hydrogens is 388 g/mol. The van der Waals surface area contributed by atoms with Crippen LogP contribution in [0.3, 0.4) is 0 Å². The van der Waals surface area contributed by atoms with Crippen molar-refractivity contribution in [1.82, 2.24) is 0 Å². The van der Waals surface area contributed by atoms with Gasteiger partial charge < -0.3 is 15.3 Å². The van der Waals surface area contributed by atoms with Crippen molar-refractivity contribution in [3.8, 4) is 11.5 Å². The SMILES string of the molecule is Cc1cc(C(C)(CCC(=O)O)c2cc(C)c(O)c(C(C)(C)C)c2)cc(C(C)(C)C)c1O. The summed E-state index contributed by atoms with van der Waals surface area (Å²) in [7, 11) is 0. The number of hydrogen-bond acceptors (Lipinski definition) is 3. The van der Waals surface area contributed by atoms with Gasteiger partial charge in [0.2, 0.25) is 0 Å².